The summed E-state index contributed by atoms with van der Waals surface area (Å²) >= 11 is 0. The van der Waals surface area contributed by atoms with Crippen molar-refractivity contribution < 1.29 is 0 Å². The maximum absolute atomic E-state index is 5.61. The number of nitrogens with two attached hydrogens (primary N) is 1. The van der Waals surface area contributed by atoms with Crippen LogP contribution < -0.4 is 5.73 Å². The van der Waals surface area contributed by atoms with Gasteiger partial charge in [0.15, 0.2) is 0 Å². The van der Waals surface area contributed by atoms with E-state index >= 15 is 0 Å². The highest BCUT2D eigenvalue weighted by Crippen LogP contribution is 2.27. The maximum atomic E-state index is 5.61. The van der Waals surface area contributed by atoms with Crippen LogP contribution in [0.1, 0.15) is 36.7 Å². The summed E-state index contributed by atoms with van der Waals surface area (Å²) in [4.78, 5) is 0. The van der Waals surface area contributed by atoms with Crippen molar-refractivity contribution in [2.75, 3.05) is 6.54 Å². The highest BCUT2D eigenvalue weighted by molar-refractivity contribution is 5.68. The van der Waals surface area contributed by atoms with E-state index in [2.05, 4.69) is 50.1 Å². The standard InChI is InChI=1S/C18H27N3/c1-13(11-12-19)5-6-16-7-9-17(10-8-16)18-14(2)20-21(4)15(18)3/h7-10,13H,5-6,11-12,19H2,1-4H3. The van der Waals surface area contributed by atoms with Gasteiger partial charge in [-0.1, -0.05) is 31.2 Å². The molecule has 1 aromatic heterocycles. The number of rotatable bonds is 6. The molecule has 1 heterocycles. The van der Waals surface area contributed by atoms with Crippen LogP contribution in [0.2, 0.25) is 0 Å². The monoisotopic (exact) mass is 285 g/mol. The van der Waals surface area contributed by atoms with E-state index in [-0.39, 0.29) is 0 Å². The highest BCUT2D eigenvalue weighted by atomic mass is 15.3. The minimum Gasteiger partial charge on any atom is -0.330 e. The molecule has 0 bridgehead atoms. The summed E-state index contributed by atoms with van der Waals surface area (Å²) in [6.07, 6.45) is 3.46. The Morgan fingerprint density at radius 1 is 1.14 bits per heavy atom. The molecule has 2 aromatic rings. The summed E-state index contributed by atoms with van der Waals surface area (Å²) in [7, 11) is 2.00. The van der Waals surface area contributed by atoms with Crippen LogP contribution in [0.3, 0.4) is 0 Å². The molecule has 0 spiro atoms. The fourth-order valence-electron chi connectivity index (χ4n) is 2.87. The third-order valence-electron chi connectivity index (χ3n) is 4.34. The molecular weight excluding hydrogens is 258 g/mol. The SMILES string of the molecule is Cc1nn(C)c(C)c1-c1ccc(CCC(C)CCN)cc1. The third-order valence-corrected chi connectivity index (χ3v) is 4.34. The average molecular weight is 285 g/mol. The molecule has 0 saturated heterocycles. The molecule has 0 aliphatic heterocycles. The van der Waals surface area contributed by atoms with Gasteiger partial charge in [-0.2, -0.15) is 5.10 Å². The smallest absolute Gasteiger partial charge is 0.0674 e. The Morgan fingerprint density at radius 3 is 2.33 bits per heavy atom. The summed E-state index contributed by atoms with van der Waals surface area (Å²) in [5.74, 6) is 0.706. The van der Waals surface area contributed by atoms with E-state index in [1.807, 2.05) is 11.7 Å². The van der Waals surface area contributed by atoms with Crippen LogP contribution in [0, 0.1) is 19.8 Å². The summed E-state index contributed by atoms with van der Waals surface area (Å²) in [5.41, 5.74) is 11.9. The topological polar surface area (TPSA) is 43.8 Å². The molecule has 0 fully saturated rings. The minimum atomic E-state index is 0.706. The summed E-state index contributed by atoms with van der Waals surface area (Å²) in [6.45, 7) is 7.27. The summed E-state index contributed by atoms with van der Waals surface area (Å²) < 4.78 is 1.95. The molecule has 2 rings (SSSR count). The molecule has 0 aliphatic carbocycles. The normalized spacial score (nSPS) is 12.6. The van der Waals surface area contributed by atoms with Crippen LogP contribution in [-0.2, 0) is 13.5 Å². The molecule has 0 saturated carbocycles. The van der Waals surface area contributed by atoms with E-state index in [1.165, 1.54) is 28.8 Å². The van der Waals surface area contributed by atoms with Crippen LogP contribution >= 0.6 is 0 Å². The van der Waals surface area contributed by atoms with Crippen molar-refractivity contribution in [3.05, 3.63) is 41.2 Å². The Kier molecular flexibility index (Phi) is 5.18. The fourth-order valence-corrected chi connectivity index (χ4v) is 2.87. The lowest BCUT2D eigenvalue weighted by Crippen LogP contribution is -2.06. The zero-order valence-corrected chi connectivity index (χ0v) is 13.7. The number of aromatic nitrogens is 2. The van der Waals surface area contributed by atoms with Gasteiger partial charge in [0.05, 0.1) is 5.69 Å². The molecule has 3 nitrogen and oxygen atoms in total. The number of hydrogen-bond acceptors (Lipinski definition) is 2. The maximum Gasteiger partial charge on any atom is 0.0674 e. The fraction of sp³-hybridized carbons (Fsp3) is 0.500. The van der Waals surface area contributed by atoms with Gasteiger partial charge in [0, 0.05) is 18.3 Å². The van der Waals surface area contributed by atoms with Gasteiger partial charge in [-0.25, -0.2) is 0 Å². The summed E-state index contributed by atoms with van der Waals surface area (Å²) in [5, 5.41) is 4.49. The van der Waals surface area contributed by atoms with E-state index in [4.69, 9.17) is 5.73 Å². The van der Waals surface area contributed by atoms with Gasteiger partial charge in [0.2, 0.25) is 0 Å². The highest BCUT2D eigenvalue weighted by Gasteiger charge is 2.11. The van der Waals surface area contributed by atoms with Crippen LogP contribution in [0.5, 0.6) is 0 Å². The molecule has 1 atom stereocenters. The summed E-state index contributed by atoms with van der Waals surface area (Å²) in [6, 6.07) is 8.94. The van der Waals surface area contributed by atoms with E-state index in [1.54, 1.807) is 0 Å². The predicted octanol–water partition coefficient (Wildman–Crippen LogP) is 3.62. The van der Waals surface area contributed by atoms with Crippen LogP contribution in [0.15, 0.2) is 24.3 Å². The quantitative estimate of drug-likeness (QED) is 0.881. The molecule has 114 valence electrons. The molecule has 2 N–H and O–H groups in total. The van der Waals surface area contributed by atoms with Crippen molar-refractivity contribution in [3.63, 3.8) is 0 Å². The number of nitrogens with zero attached hydrogens (tertiary/aromatic N) is 2. The van der Waals surface area contributed by atoms with Crippen LogP contribution in [0.4, 0.5) is 0 Å². The lowest BCUT2D eigenvalue weighted by atomic mass is 9.96. The van der Waals surface area contributed by atoms with Gasteiger partial charge in [-0.05, 0) is 56.7 Å². The van der Waals surface area contributed by atoms with Crippen LogP contribution in [0.25, 0.3) is 11.1 Å². The molecule has 1 unspecified atom stereocenters. The zero-order chi connectivity index (χ0) is 15.4. The van der Waals surface area contributed by atoms with Crippen molar-refractivity contribution in [1.82, 2.24) is 9.78 Å². The molecular formula is C18H27N3. The Labute approximate surface area is 128 Å². The third kappa shape index (κ3) is 3.73. The minimum absolute atomic E-state index is 0.706. The van der Waals surface area contributed by atoms with Gasteiger partial charge in [-0.15, -0.1) is 0 Å². The number of hydrogen-bond donors (Lipinski definition) is 1. The first-order valence-electron chi connectivity index (χ1n) is 7.82. The average Bonchev–Trinajstić information content (AvgIpc) is 2.71. The predicted molar refractivity (Wildman–Crippen MR) is 89.3 cm³/mol. The van der Waals surface area contributed by atoms with E-state index in [9.17, 15) is 0 Å². The Bertz CT molecular complexity index is 581. The second kappa shape index (κ2) is 6.90. The van der Waals surface area contributed by atoms with Gasteiger partial charge in [0.1, 0.15) is 0 Å². The van der Waals surface area contributed by atoms with E-state index < -0.39 is 0 Å². The second-order valence-corrected chi connectivity index (χ2v) is 6.09. The lowest BCUT2D eigenvalue weighted by Gasteiger charge is -2.10. The van der Waals surface area contributed by atoms with Gasteiger partial charge < -0.3 is 5.73 Å². The molecule has 21 heavy (non-hydrogen) atoms. The van der Waals surface area contributed by atoms with Crippen molar-refractivity contribution in [3.8, 4) is 11.1 Å². The first-order chi connectivity index (χ1) is 10.0. The Hall–Kier alpha value is -1.61. The second-order valence-electron chi connectivity index (χ2n) is 6.09. The number of aryl methyl sites for hydroxylation is 3. The van der Waals surface area contributed by atoms with Crippen LogP contribution in [-0.4, -0.2) is 16.3 Å². The van der Waals surface area contributed by atoms with Gasteiger partial charge in [-0.3, -0.25) is 4.68 Å². The molecule has 1 aromatic carbocycles. The van der Waals surface area contributed by atoms with Crippen molar-refractivity contribution in [2.24, 2.45) is 18.7 Å². The van der Waals surface area contributed by atoms with Crippen molar-refractivity contribution in [1.29, 1.82) is 0 Å². The van der Waals surface area contributed by atoms with E-state index in [0.29, 0.717) is 5.92 Å². The molecule has 0 amide bonds. The molecule has 3 heteroatoms. The molecule has 0 radical (unpaired) electrons. The molecule has 0 aliphatic rings. The number of benzene rings is 1. The van der Waals surface area contributed by atoms with Crippen molar-refractivity contribution in [2.45, 2.75) is 40.0 Å². The lowest BCUT2D eigenvalue weighted by molar-refractivity contribution is 0.500. The zero-order valence-electron chi connectivity index (χ0n) is 13.7. The van der Waals surface area contributed by atoms with Crippen molar-refractivity contribution >= 4 is 0 Å². The van der Waals surface area contributed by atoms with Gasteiger partial charge >= 0.3 is 0 Å². The Balaban J connectivity index is 2.08. The van der Waals surface area contributed by atoms with Gasteiger partial charge in [0.25, 0.3) is 0 Å². The van der Waals surface area contributed by atoms with E-state index in [0.717, 1.165) is 25.1 Å². The Morgan fingerprint density at radius 2 is 1.81 bits per heavy atom. The first-order valence-corrected chi connectivity index (χ1v) is 7.82. The first kappa shape index (κ1) is 15.8. The largest absolute Gasteiger partial charge is 0.330 e.